The average Bonchev–Trinajstić information content (AvgIpc) is 2.30. The van der Waals surface area contributed by atoms with Gasteiger partial charge in [-0.2, -0.15) is 17.0 Å². The van der Waals surface area contributed by atoms with E-state index in [1.807, 2.05) is 0 Å². The second-order valence-corrected chi connectivity index (χ2v) is 7.00. The molecule has 0 spiro atoms. The molecule has 0 unspecified atom stereocenters. The molecule has 2 aliphatic heterocycles. The van der Waals surface area contributed by atoms with Crippen molar-refractivity contribution < 1.29 is 8.42 Å². The predicted molar refractivity (Wildman–Crippen MR) is 64.3 cm³/mol. The Morgan fingerprint density at radius 3 is 2.19 bits per heavy atom. The highest BCUT2D eigenvalue weighted by Gasteiger charge is 2.32. The molecule has 2 fully saturated rings. The topological polar surface area (TPSA) is 40.6 Å². The van der Waals surface area contributed by atoms with Gasteiger partial charge in [0.2, 0.25) is 0 Å². The number of hydrogen-bond donors (Lipinski definition) is 0. The Morgan fingerprint density at radius 2 is 1.56 bits per heavy atom. The molecule has 0 aromatic heterocycles. The Hall–Kier alpha value is -0.130. The SMILES string of the molecule is C[C@@H]1CCCN(S(=O)(=O)N2CCCCC2)C1. The Morgan fingerprint density at radius 1 is 0.938 bits per heavy atom. The molecular formula is C11H22N2O2S. The molecule has 2 heterocycles. The van der Waals surface area contributed by atoms with Crippen molar-refractivity contribution in [2.45, 2.75) is 39.0 Å². The fraction of sp³-hybridized carbons (Fsp3) is 1.00. The Labute approximate surface area is 98.8 Å². The lowest BCUT2D eigenvalue weighted by molar-refractivity contribution is 0.247. The van der Waals surface area contributed by atoms with Crippen molar-refractivity contribution in [3.8, 4) is 0 Å². The largest absolute Gasteiger partial charge is 0.281 e. The van der Waals surface area contributed by atoms with E-state index >= 15 is 0 Å². The van der Waals surface area contributed by atoms with Gasteiger partial charge in [-0.1, -0.05) is 13.3 Å². The summed E-state index contributed by atoms with van der Waals surface area (Å²) in [6.07, 6.45) is 5.37. The van der Waals surface area contributed by atoms with Gasteiger partial charge in [0.1, 0.15) is 0 Å². The minimum Gasteiger partial charge on any atom is -0.195 e. The smallest absolute Gasteiger partial charge is 0.195 e. The normalized spacial score (nSPS) is 30.4. The van der Waals surface area contributed by atoms with E-state index in [1.165, 1.54) is 6.42 Å². The zero-order chi connectivity index (χ0) is 11.6. The average molecular weight is 246 g/mol. The molecule has 0 aliphatic carbocycles. The van der Waals surface area contributed by atoms with Crippen LogP contribution in [0, 0.1) is 5.92 Å². The third-order valence-electron chi connectivity index (χ3n) is 3.59. The summed E-state index contributed by atoms with van der Waals surface area (Å²) in [5, 5.41) is 0. The molecule has 0 radical (unpaired) electrons. The quantitative estimate of drug-likeness (QED) is 0.740. The molecule has 1 atom stereocenters. The zero-order valence-corrected chi connectivity index (χ0v) is 10.9. The summed E-state index contributed by atoms with van der Waals surface area (Å²) in [6.45, 7) is 4.99. The highest BCUT2D eigenvalue weighted by molar-refractivity contribution is 7.86. The summed E-state index contributed by atoms with van der Waals surface area (Å²) >= 11 is 0. The van der Waals surface area contributed by atoms with Crippen LogP contribution in [0.4, 0.5) is 0 Å². The van der Waals surface area contributed by atoms with Gasteiger partial charge in [0.25, 0.3) is 10.2 Å². The van der Waals surface area contributed by atoms with Gasteiger partial charge in [-0.25, -0.2) is 0 Å². The number of piperidine rings is 2. The van der Waals surface area contributed by atoms with Gasteiger partial charge in [0.05, 0.1) is 0 Å². The van der Waals surface area contributed by atoms with Gasteiger partial charge in [-0.3, -0.25) is 0 Å². The molecule has 0 saturated carbocycles. The monoisotopic (exact) mass is 246 g/mol. The first-order chi connectivity index (χ1) is 7.60. The lowest BCUT2D eigenvalue weighted by Crippen LogP contribution is -2.49. The fourth-order valence-electron chi connectivity index (χ4n) is 2.61. The first-order valence-electron chi connectivity index (χ1n) is 6.36. The van der Waals surface area contributed by atoms with E-state index in [9.17, 15) is 8.42 Å². The van der Waals surface area contributed by atoms with Gasteiger partial charge in [-0.15, -0.1) is 0 Å². The van der Waals surface area contributed by atoms with E-state index in [0.717, 1.165) is 25.7 Å². The van der Waals surface area contributed by atoms with E-state index in [1.54, 1.807) is 8.61 Å². The first-order valence-corrected chi connectivity index (χ1v) is 7.75. The van der Waals surface area contributed by atoms with E-state index in [2.05, 4.69) is 6.92 Å². The van der Waals surface area contributed by atoms with Crippen LogP contribution in [0.15, 0.2) is 0 Å². The standard InChI is InChI=1S/C11H22N2O2S/c1-11-6-5-9-13(10-11)16(14,15)12-7-3-2-4-8-12/h11H,2-10H2,1H3/t11-/m1/s1. The van der Waals surface area contributed by atoms with Gasteiger partial charge in [0.15, 0.2) is 0 Å². The van der Waals surface area contributed by atoms with Crippen LogP contribution in [0.5, 0.6) is 0 Å². The molecule has 94 valence electrons. The Balaban J connectivity index is 2.05. The van der Waals surface area contributed by atoms with Crippen LogP contribution < -0.4 is 0 Å². The highest BCUT2D eigenvalue weighted by Crippen LogP contribution is 2.22. The maximum atomic E-state index is 12.3. The number of rotatable bonds is 2. The molecule has 0 aromatic rings. The van der Waals surface area contributed by atoms with Gasteiger partial charge < -0.3 is 0 Å². The molecule has 16 heavy (non-hydrogen) atoms. The third-order valence-corrected chi connectivity index (χ3v) is 5.59. The molecule has 2 saturated heterocycles. The van der Waals surface area contributed by atoms with Crippen LogP contribution in [0.25, 0.3) is 0 Å². The predicted octanol–water partition coefficient (Wildman–Crippen LogP) is 1.45. The molecule has 0 bridgehead atoms. The van der Waals surface area contributed by atoms with Gasteiger partial charge >= 0.3 is 0 Å². The van der Waals surface area contributed by atoms with Crippen molar-refractivity contribution in [1.82, 2.24) is 8.61 Å². The maximum Gasteiger partial charge on any atom is 0.281 e. The highest BCUT2D eigenvalue weighted by atomic mass is 32.2. The molecule has 4 nitrogen and oxygen atoms in total. The first kappa shape index (κ1) is 12.3. The lowest BCUT2D eigenvalue weighted by Gasteiger charge is -2.35. The molecule has 5 heteroatoms. The summed E-state index contributed by atoms with van der Waals surface area (Å²) < 4.78 is 28.0. The van der Waals surface area contributed by atoms with Crippen LogP contribution in [0.3, 0.4) is 0 Å². The second kappa shape index (κ2) is 5.02. The summed E-state index contributed by atoms with van der Waals surface area (Å²) in [4.78, 5) is 0. The summed E-state index contributed by atoms with van der Waals surface area (Å²) in [5.41, 5.74) is 0. The van der Waals surface area contributed by atoms with E-state index < -0.39 is 10.2 Å². The zero-order valence-electron chi connectivity index (χ0n) is 10.1. The molecule has 2 aliphatic rings. The van der Waals surface area contributed by atoms with E-state index in [4.69, 9.17) is 0 Å². The van der Waals surface area contributed by atoms with E-state index in [-0.39, 0.29) is 0 Å². The molecule has 0 amide bonds. The summed E-state index contributed by atoms with van der Waals surface area (Å²) in [7, 11) is -3.15. The van der Waals surface area contributed by atoms with Crippen molar-refractivity contribution in [3.05, 3.63) is 0 Å². The van der Waals surface area contributed by atoms with Crippen LogP contribution in [0.2, 0.25) is 0 Å². The second-order valence-electron chi connectivity index (χ2n) is 5.07. The van der Waals surface area contributed by atoms with E-state index in [0.29, 0.717) is 32.1 Å². The summed E-state index contributed by atoms with van der Waals surface area (Å²) in [6, 6.07) is 0. The Bertz CT molecular complexity index is 323. The molecule has 2 rings (SSSR count). The summed E-state index contributed by atoms with van der Waals surface area (Å²) in [5.74, 6) is 0.508. The van der Waals surface area contributed by atoms with Crippen molar-refractivity contribution in [1.29, 1.82) is 0 Å². The van der Waals surface area contributed by atoms with Gasteiger partial charge in [-0.05, 0) is 31.6 Å². The van der Waals surface area contributed by atoms with Crippen LogP contribution in [-0.2, 0) is 10.2 Å². The molecule has 0 N–H and O–H groups in total. The van der Waals surface area contributed by atoms with Crippen LogP contribution >= 0.6 is 0 Å². The van der Waals surface area contributed by atoms with Crippen molar-refractivity contribution in [2.24, 2.45) is 5.92 Å². The van der Waals surface area contributed by atoms with Crippen LogP contribution in [-0.4, -0.2) is 43.2 Å². The van der Waals surface area contributed by atoms with Crippen molar-refractivity contribution in [2.75, 3.05) is 26.2 Å². The number of nitrogens with zero attached hydrogens (tertiary/aromatic N) is 2. The van der Waals surface area contributed by atoms with Gasteiger partial charge in [0, 0.05) is 26.2 Å². The number of hydrogen-bond acceptors (Lipinski definition) is 2. The minimum atomic E-state index is -3.15. The van der Waals surface area contributed by atoms with Crippen molar-refractivity contribution >= 4 is 10.2 Å². The maximum absolute atomic E-state index is 12.3. The lowest BCUT2D eigenvalue weighted by atomic mass is 10.0. The minimum absolute atomic E-state index is 0.508. The Kier molecular flexibility index (Phi) is 3.87. The van der Waals surface area contributed by atoms with Crippen LogP contribution in [0.1, 0.15) is 39.0 Å². The molecule has 0 aromatic carbocycles. The fourth-order valence-corrected chi connectivity index (χ4v) is 4.46. The molecular weight excluding hydrogens is 224 g/mol. The van der Waals surface area contributed by atoms with Crippen molar-refractivity contribution in [3.63, 3.8) is 0 Å². The third kappa shape index (κ3) is 2.57.